The summed E-state index contributed by atoms with van der Waals surface area (Å²) in [5.74, 6) is 1.10. The number of H-pyrrole nitrogens is 1. The van der Waals surface area contributed by atoms with Gasteiger partial charge in [-0.2, -0.15) is 0 Å². The molecule has 0 atom stereocenters. The Bertz CT molecular complexity index is 412. The molecular weight excluding hydrogens is 196 g/mol. The van der Waals surface area contributed by atoms with Crippen LogP contribution in [0, 0.1) is 0 Å². The smallest absolute Gasteiger partial charge is 0.181 e. The van der Waals surface area contributed by atoms with Gasteiger partial charge in [0.1, 0.15) is 16.9 Å². The zero-order valence-electron chi connectivity index (χ0n) is 8.03. The van der Waals surface area contributed by atoms with Crippen LogP contribution in [0.15, 0.2) is 17.7 Å². The number of nitrogens with zero attached hydrogens (tertiary/aromatic N) is 3. The van der Waals surface area contributed by atoms with Gasteiger partial charge in [-0.05, 0) is 12.2 Å². The van der Waals surface area contributed by atoms with Gasteiger partial charge < -0.3 is 4.98 Å². The Labute approximate surface area is 86.6 Å². The summed E-state index contributed by atoms with van der Waals surface area (Å²) in [5, 5.41) is 1.00. The number of hydrogen-bond acceptors (Lipinski definition) is 4. The minimum Gasteiger partial charge on any atom is -0.341 e. The van der Waals surface area contributed by atoms with Crippen molar-refractivity contribution in [3.8, 4) is 0 Å². The summed E-state index contributed by atoms with van der Waals surface area (Å²) in [7, 11) is 0. The van der Waals surface area contributed by atoms with Crippen molar-refractivity contribution in [3.05, 3.63) is 12.7 Å². The molecule has 0 saturated heterocycles. The van der Waals surface area contributed by atoms with Crippen LogP contribution in [0.3, 0.4) is 0 Å². The van der Waals surface area contributed by atoms with Gasteiger partial charge in [-0.15, -0.1) is 11.8 Å². The lowest BCUT2D eigenvalue weighted by Gasteiger charge is -1.99. The molecule has 5 heteroatoms. The van der Waals surface area contributed by atoms with E-state index < -0.39 is 0 Å². The minimum atomic E-state index is 0.749. The Hall–Kier alpha value is -1.10. The Morgan fingerprint density at radius 3 is 3.14 bits per heavy atom. The molecule has 2 rings (SSSR count). The number of fused-ring (bicyclic) bond motifs is 1. The monoisotopic (exact) mass is 208 g/mol. The van der Waals surface area contributed by atoms with Gasteiger partial charge in [0.25, 0.3) is 0 Å². The Morgan fingerprint density at radius 2 is 2.29 bits per heavy atom. The Morgan fingerprint density at radius 1 is 1.36 bits per heavy atom. The number of aromatic nitrogens is 4. The fraction of sp³-hybridized carbons (Fsp3) is 0.444. The van der Waals surface area contributed by atoms with Crippen molar-refractivity contribution in [2.45, 2.75) is 24.8 Å². The zero-order valence-corrected chi connectivity index (χ0v) is 8.84. The highest BCUT2D eigenvalue weighted by atomic mass is 32.2. The molecule has 2 heterocycles. The van der Waals surface area contributed by atoms with Crippen LogP contribution >= 0.6 is 11.8 Å². The number of nitrogens with one attached hydrogen (secondary N) is 1. The lowest BCUT2D eigenvalue weighted by atomic mass is 10.4. The summed E-state index contributed by atoms with van der Waals surface area (Å²) in [6.07, 6.45) is 5.65. The van der Waals surface area contributed by atoms with Crippen LogP contribution in [0.1, 0.15) is 19.8 Å². The van der Waals surface area contributed by atoms with Gasteiger partial charge >= 0.3 is 0 Å². The summed E-state index contributed by atoms with van der Waals surface area (Å²) in [4.78, 5) is 15.4. The Kier molecular flexibility index (Phi) is 2.98. The summed E-state index contributed by atoms with van der Waals surface area (Å²) in [6.45, 7) is 2.19. The average Bonchev–Trinajstić information content (AvgIpc) is 2.67. The van der Waals surface area contributed by atoms with Crippen LogP contribution in [-0.4, -0.2) is 25.7 Å². The van der Waals surface area contributed by atoms with Crippen LogP contribution in [-0.2, 0) is 0 Å². The van der Waals surface area contributed by atoms with Crippen molar-refractivity contribution in [1.29, 1.82) is 0 Å². The number of thioether (sulfide) groups is 1. The molecule has 0 aliphatic heterocycles. The molecule has 0 amide bonds. The molecule has 0 aliphatic rings. The summed E-state index contributed by atoms with van der Waals surface area (Å²) < 4.78 is 0. The van der Waals surface area contributed by atoms with Gasteiger partial charge in [-0.1, -0.05) is 13.3 Å². The van der Waals surface area contributed by atoms with Gasteiger partial charge in [0, 0.05) is 0 Å². The fourth-order valence-corrected chi connectivity index (χ4v) is 2.21. The Balaban J connectivity index is 2.19. The van der Waals surface area contributed by atoms with E-state index in [0.717, 1.165) is 21.9 Å². The molecule has 0 fully saturated rings. The van der Waals surface area contributed by atoms with Crippen molar-refractivity contribution in [1.82, 2.24) is 19.9 Å². The van der Waals surface area contributed by atoms with Crippen LogP contribution in [0.2, 0.25) is 0 Å². The third-order valence-corrected chi connectivity index (χ3v) is 3.00. The third-order valence-electron chi connectivity index (χ3n) is 1.92. The highest BCUT2D eigenvalue weighted by Crippen LogP contribution is 2.22. The van der Waals surface area contributed by atoms with Crippen LogP contribution in [0.5, 0.6) is 0 Å². The standard InChI is InChI=1S/C9H12N4S/c1-2-3-4-14-9-7-8(11-5-10-7)12-6-13-9/h5-6H,2-4H2,1H3,(H,10,11,12,13). The number of unbranched alkanes of at least 4 members (excludes halogenated alkanes) is 1. The molecule has 0 saturated carbocycles. The second kappa shape index (κ2) is 4.41. The number of aromatic amines is 1. The molecule has 4 nitrogen and oxygen atoms in total. The van der Waals surface area contributed by atoms with E-state index >= 15 is 0 Å². The second-order valence-electron chi connectivity index (χ2n) is 2.98. The molecule has 0 bridgehead atoms. The van der Waals surface area contributed by atoms with E-state index in [4.69, 9.17) is 0 Å². The summed E-state index contributed by atoms with van der Waals surface area (Å²) in [6, 6.07) is 0. The molecule has 0 spiro atoms. The molecule has 14 heavy (non-hydrogen) atoms. The maximum Gasteiger partial charge on any atom is 0.181 e. The largest absolute Gasteiger partial charge is 0.341 e. The van der Waals surface area contributed by atoms with E-state index in [0.29, 0.717) is 0 Å². The van der Waals surface area contributed by atoms with E-state index in [2.05, 4.69) is 26.9 Å². The first kappa shape index (κ1) is 9.45. The van der Waals surface area contributed by atoms with E-state index in [1.54, 1.807) is 24.4 Å². The van der Waals surface area contributed by atoms with Crippen molar-refractivity contribution in [2.24, 2.45) is 0 Å². The molecule has 0 radical (unpaired) electrons. The van der Waals surface area contributed by atoms with Crippen molar-refractivity contribution < 1.29 is 0 Å². The molecule has 2 aromatic rings. The topological polar surface area (TPSA) is 54.5 Å². The molecule has 2 aromatic heterocycles. The van der Waals surface area contributed by atoms with Crippen LogP contribution in [0.25, 0.3) is 11.2 Å². The lowest BCUT2D eigenvalue weighted by Crippen LogP contribution is -1.87. The first-order chi connectivity index (χ1) is 6.92. The molecule has 0 unspecified atom stereocenters. The second-order valence-corrected chi connectivity index (χ2v) is 4.07. The molecule has 1 N–H and O–H groups in total. The van der Waals surface area contributed by atoms with Gasteiger partial charge in [-0.3, -0.25) is 0 Å². The first-order valence-electron chi connectivity index (χ1n) is 4.68. The third kappa shape index (κ3) is 1.87. The predicted molar refractivity (Wildman–Crippen MR) is 57.3 cm³/mol. The minimum absolute atomic E-state index is 0.749. The van der Waals surface area contributed by atoms with Crippen LogP contribution in [0.4, 0.5) is 0 Å². The normalized spacial score (nSPS) is 10.9. The predicted octanol–water partition coefficient (Wildman–Crippen LogP) is 2.25. The van der Waals surface area contributed by atoms with E-state index in [9.17, 15) is 0 Å². The number of imidazole rings is 1. The lowest BCUT2D eigenvalue weighted by molar-refractivity contribution is 0.894. The van der Waals surface area contributed by atoms with E-state index in [-0.39, 0.29) is 0 Å². The van der Waals surface area contributed by atoms with Crippen molar-refractivity contribution >= 4 is 22.9 Å². The molecular formula is C9H12N4S. The van der Waals surface area contributed by atoms with E-state index in [1.807, 2.05) is 0 Å². The zero-order chi connectivity index (χ0) is 9.80. The van der Waals surface area contributed by atoms with E-state index in [1.165, 1.54) is 12.8 Å². The fourth-order valence-electron chi connectivity index (χ4n) is 1.17. The highest BCUT2D eigenvalue weighted by Gasteiger charge is 2.04. The summed E-state index contributed by atoms with van der Waals surface area (Å²) in [5.41, 5.74) is 1.70. The summed E-state index contributed by atoms with van der Waals surface area (Å²) >= 11 is 1.76. The van der Waals surface area contributed by atoms with Gasteiger partial charge in [0.15, 0.2) is 5.65 Å². The molecule has 0 aliphatic carbocycles. The SMILES string of the molecule is CCCCSc1ncnc2nc[nH]c12. The quantitative estimate of drug-likeness (QED) is 0.475. The maximum atomic E-state index is 4.23. The number of hydrogen-bond donors (Lipinski definition) is 1. The van der Waals surface area contributed by atoms with Gasteiger partial charge in [-0.25, -0.2) is 15.0 Å². The van der Waals surface area contributed by atoms with Gasteiger partial charge in [0.2, 0.25) is 0 Å². The van der Waals surface area contributed by atoms with Crippen molar-refractivity contribution in [2.75, 3.05) is 5.75 Å². The first-order valence-corrected chi connectivity index (χ1v) is 5.67. The molecule has 0 aromatic carbocycles. The maximum absolute atomic E-state index is 4.23. The van der Waals surface area contributed by atoms with Gasteiger partial charge in [0.05, 0.1) is 6.33 Å². The highest BCUT2D eigenvalue weighted by molar-refractivity contribution is 7.99. The van der Waals surface area contributed by atoms with Crippen molar-refractivity contribution in [3.63, 3.8) is 0 Å². The van der Waals surface area contributed by atoms with Crippen LogP contribution < -0.4 is 0 Å². The average molecular weight is 208 g/mol. The number of rotatable bonds is 4. The molecule has 74 valence electrons.